The molecule has 5 heteroatoms. The first kappa shape index (κ1) is 15.1. The quantitative estimate of drug-likeness (QED) is 0.837. The van der Waals surface area contributed by atoms with Gasteiger partial charge in [-0.3, -0.25) is 4.98 Å². The number of alkyl halides is 3. The highest BCUT2D eigenvalue weighted by molar-refractivity contribution is 5.91. The second kappa shape index (κ2) is 5.78. The van der Waals surface area contributed by atoms with Gasteiger partial charge in [0.25, 0.3) is 0 Å². The number of rotatable bonds is 2. The second-order valence-corrected chi connectivity index (χ2v) is 6.07. The van der Waals surface area contributed by atoms with Crippen molar-refractivity contribution in [3.63, 3.8) is 0 Å². The van der Waals surface area contributed by atoms with Crippen LogP contribution in [0.2, 0.25) is 0 Å². The second-order valence-electron chi connectivity index (χ2n) is 6.07. The Morgan fingerprint density at radius 1 is 1.18 bits per heavy atom. The van der Waals surface area contributed by atoms with Crippen molar-refractivity contribution >= 4 is 16.6 Å². The van der Waals surface area contributed by atoms with Crippen LogP contribution in [0.3, 0.4) is 0 Å². The molecule has 118 valence electrons. The summed E-state index contributed by atoms with van der Waals surface area (Å²) in [6, 6.07) is 9.49. The van der Waals surface area contributed by atoms with Crippen molar-refractivity contribution in [3.05, 3.63) is 36.0 Å². The Hall–Kier alpha value is -1.78. The molecule has 22 heavy (non-hydrogen) atoms. The van der Waals surface area contributed by atoms with Gasteiger partial charge < -0.3 is 5.32 Å². The molecule has 1 aliphatic rings. The van der Waals surface area contributed by atoms with Gasteiger partial charge in [0, 0.05) is 22.8 Å². The van der Waals surface area contributed by atoms with Crippen LogP contribution in [0.5, 0.6) is 0 Å². The van der Waals surface area contributed by atoms with E-state index < -0.39 is 12.1 Å². The lowest BCUT2D eigenvalue weighted by Gasteiger charge is -2.32. The fourth-order valence-electron chi connectivity index (χ4n) is 3.27. The molecule has 2 nitrogen and oxygen atoms in total. The monoisotopic (exact) mass is 308 g/mol. The maximum Gasteiger partial charge on any atom is 0.391 e. The predicted octanol–water partition coefficient (Wildman–Crippen LogP) is 5.08. The molecule has 0 saturated heterocycles. The van der Waals surface area contributed by atoms with E-state index >= 15 is 0 Å². The number of anilines is 1. The van der Waals surface area contributed by atoms with E-state index in [4.69, 9.17) is 0 Å². The molecule has 2 unspecified atom stereocenters. The number of benzene rings is 1. The maximum atomic E-state index is 12.9. The number of nitrogens with zero attached hydrogens (tertiary/aromatic N) is 1. The van der Waals surface area contributed by atoms with Crippen LogP contribution in [-0.4, -0.2) is 17.2 Å². The molecular weight excluding hydrogens is 289 g/mol. The van der Waals surface area contributed by atoms with E-state index in [1.807, 2.05) is 37.3 Å². The van der Waals surface area contributed by atoms with Crippen molar-refractivity contribution in [1.82, 2.24) is 4.98 Å². The Morgan fingerprint density at radius 2 is 1.95 bits per heavy atom. The largest absolute Gasteiger partial charge is 0.391 e. The summed E-state index contributed by atoms with van der Waals surface area (Å²) in [7, 11) is 0. The first-order valence-corrected chi connectivity index (χ1v) is 7.63. The van der Waals surface area contributed by atoms with Crippen LogP contribution in [0.1, 0.15) is 31.4 Å². The number of aromatic nitrogens is 1. The summed E-state index contributed by atoms with van der Waals surface area (Å²) >= 11 is 0. The molecule has 2 aromatic rings. The molecule has 0 spiro atoms. The summed E-state index contributed by atoms with van der Waals surface area (Å²) in [5.41, 5.74) is 2.62. The van der Waals surface area contributed by atoms with Gasteiger partial charge in [0.05, 0.1) is 11.4 Å². The zero-order valence-electron chi connectivity index (χ0n) is 12.5. The van der Waals surface area contributed by atoms with E-state index in [0.717, 1.165) is 28.7 Å². The number of halogens is 3. The van der Waals surface area contributed by atoms with E-state index in [0.29, 0.717) is 6.42 Å². The Balaban J connectivity index is 1.84. The minimum absolute atomic E-state index is 0.134. The van der Waals surface area contributed by atoms with Gasteiger partial charge in [0.1, 0.15) is 0 Å². The molecule has 3 rings (SSSR count). The van der Waals surface area contributed by atoms with E-state index in [9.17, 15) is 13.2 Å². The summed E-state index contributed by atoms with van der Waals surface area (Å²) in [5.74, 6) is -1.19. The van der Waals surface area contributed by atoms with E-state index in [1.54, 1.807) is 0 Å². The molecule has 0 bridgehead atoms. The highest BCUT2D eigenvalue weighted by Crippen LogP contribution is 2.38. The first-order valence-electron chi connectivity index (χ1n) is 7.63. The lowest BCUT2D eigenvalue weighted by molar-refractivity contribution is -0.182. The zero-order chi connectivity index (χ0) is 15.7. The van der Waals surface area contributed by atoms with Gasteiger partial charge in [0.15, 0.2) is 0 Å². The van der Waals surface area contributed by atoms with Crippen molar-refractivity contribution in [3.8, 4) is 0 Å². The Morgan fingerprint density at radius 3 is 2.73 bits per heavy atom. The molecule has 1 aliphatic carbocycles. The van der Waals surface area contributed by atoms with Crippen molar-refractivity contribution in [2.75, 3.05) is 5.32 Å². The van der Waals surface area contributed by atoms with Crippen molar-refractivity contribution in [2.24, 2.45) is 5.92 Å². The summed E-state index contributed by atoms with van der Waals surface area (Å²) in [4.78, 5) is 4.46. The number of pyridine rings is 1. The van der Waals surface area contributed by atoms with Crippen molar-refractivity contribution in [1.29, 1.82) is 0 Å². The number of nitrogens with one attached hydrogen (secondary N) is 1. The van der Waals surface area contributed by atoms with Crippen LogP contribution in [0, 0.1) is 12.8 Å². The van der Waals surface area contributed by atoms with E-state index in [2.05, 4.69) is 10.3 Å². The van der Waals surface area contributed by atoms with E-state index in [1.165, 1.54) is 0 Å². The first-order chi connectivity index (χ1) is 10.4. The van der Waals surface area contributed by atoms with Crippen LogP contribution in [0.4, 0.5) is 18.9 Å². The number of fused-ring (bicyclic) bond motifs is 1. The van der Waals surface area contributed by atoms with Gasteiger partial charge in [0.2, 0.25) is 0 Å². The molecule has 1 fully saturated rings. The minimum atomic E-state index is -4.09. The van der Waals surface area contributed by atoms with Crippen molar-refractivity contribution in [2.45, 2.75) is 44.8 Å². The molecule has 0 radical (unpaired) electrons. The average Bonchev–Trinajstić information content (AvgIpc) is 2.46. The lowest BCUT2D eigenvalue weighted by Crippen LogP contribution is -2.34. The minimum Gasteiger partial charge on any atom is -0.382 e. The molecule has 0 aliphatic heterocycles. The van der Waals surface area contributed by atoms with Gasteiger partial charge in [-0.15, -0.1) is 0 Å². The third-order valence-corrected chi connectivity index (χ3v) is 4.34. The number of para-hydroxylation sites is 1. The maximum absolute atomic E-state index is 12.9. The van der Waals surface area contributed by atoms with Crippen LogP contribution in [-0.2, 0) is 0 Å². The standard InChI is InChI=1S/C17H19F3N2/c1-11-9-16(14-7-2-3-8-15(14)21-11)22-13-6-4-5-12(10-13)17(18,19)20/h2-3,7-9,12-13H,4-6,10H2,1H3,(H,21,22). The Bertz CT molecular complexity index is 666. The molecule has 1 heterocycles. The van der Waals surface area contributed by atoms with Gasteiger partial charge in [-0.05, 0) is 38.3 Å². The van der Waals surface area contributed by atoms with E-state index in [-0.39, 0.29) is 18.9 Å². The molecule has 1 aromatic carbocycles. The normalized spacial score (nSPS) is 22.7. The zero-order valence-corrected chi connectivity index (χ0v) is 12.5. The predicted molar refractivity (Wildman–Crippen MR) is 81.9 cm³/mol. The fraction of sp³-hybridized carbons (Fsp3) is 0.471. The fourth-order valence-corrected chi connectivity index (χ4v) is 3.27. The third kappa shape index (κ3) is 3.18. The van der Waals surface area contributed by atoms with Gasteiger partial charge >= 0.3 is 6.18 Å². The van der Waals surface area contributed by atoms with Crippen LogP contribution in [0.25, 0.3) is 10.9 Å². The topological polar surface area (TPSA) is 24.9 Å². The summed E-state index contributed by atoms with van der Waals surface area (Å²) in [6.45, 7) is 1.90. The number of aryl methyl sites for hydroxylation is 1. The molecule has 0 amide bonds. The number of hydrogen-bond acceptors (Lipinski definition) is 2. The average molecular weight is 308 g/mol. The SMILES string of the molecule is Cc1cc(NC2CCCC(C(F)(F)F)C2)c2ccccc2n1. The number of hydrogen-bond donors (Lipinski definition) is 1. The Kier molecular flexibility index (Phi) is 3.98. The summed E-state index contributed by atoms with van der Waals surface area (Å²) in [5, 5.41) is 4.29. The van der Waals surface area contributed by atoms with Crippen LogP contribution < -0.4 is 5.32 Å². The molecule has 1 N–H and O–H groups in total. The summed E-state index contributed by atoms with van der Waals surface area (Å²) in [6.07, 6.45) is -2.29. The Labute approximate surface area is 127 Å². The molecular formula is C17H19F3N2. The highest BCUT2D eigenvalue weighted by Gasteiger charge is 2.42. The molecule has 1 aromatic heterocycles. The van der Waals surface area contributed by atoms with Gasteiger partial charge in [-0.25, -0.2) is 0 Å². The molecule has 2 atom stereocenters. The smallest absolute Gasteiger partial charge is 0.382 e. The third-order valence-electron chi connectivity index (χ3n) is 4.34. The van der Waals surface area contributed by atoms with Crippen LogP contribution in [0.15, 0.2) is 30.3 Å². The highest BCUT2D eigenvalue weighted by atomic mass is 19.4. The lowest BCUT2D eigenvalue weighted by atomic mass is 9.85. The van der Waals surface area contributed by atoms with Gasteiger partial charge in [-0.2, -0.15) is 13.2 Å². The van der Waals surface area contributed by atoms with Crippen LogP contribution >= 0.6 is 0 Å². The summed E-state index contributed by atoms with van der Waals surface area (Å²) < 4.78 is 38.8. The van der Waals surface area contributed by atoms with Gasteiger partial charge in [-0.1, -0.05) is 24.6 Å². The van der Waals surface area contributed by atoms with Crippen molar-refractivity contribution < 1.29 is 13.2 Å². The molecule has 1 saturated carbocycles.